The molecule has 0 heterocycles. The fourth-order valence-corrected chi connectivity index (χ4v) is 1.94. The van der Waals surface area contributed by atoms with Gasteiger partial charge in [0.25, 0.3) is 0 Å². The number of methoxy groups -OCH3 is 1. The molecule has 0 fully saturated rings. The van der Waals surface area contributed by atoms with Gasteiger partial charge in [-0.05, 0) is 31.7 Å². The molecule has 3 nitrogen and oxygen atoms in total. The SMILES string of the molecule is CNC(c1ccc(OC)cc1)C(C)OCCC(F)(F)F. The van der Waals surface area contributed by atoms with Crippen molar-refractivity contribution in [2.24, 2.45) is 0 Å². The third-order valence-corrected chi connectivity index (χ3v) is 3.02. The molecule has 0 aromatic heterocycles. The zero-order chi connectivity index (χ0) is 15.2. The molecule has 0 saturated carbocycles. The van der Waals surface area contributed by atoms with E-state index in [4.69, 9.17) is 9.47 Å². The maximum absolute atomic E-state index is 12.1. The second-order valence-corrected chi connectivity index (χ2v) is 4.48. The summed E-state index contributed by atoms with van der Waals surface area (Å²) in [6, 6.07) is 7.17. The Kier molecular flexibility index (Phi) is 6.29. The van der Waals surface area contributed by atoms with Crippen LogP contribution in [0.4, 0.5) is 13.2 Å². The average molecular weight is 291 g/mol. The minimum Gasteiger partial charge on any atom is -0.497 e. The highest BCUT2D eigenvalue weighted by Gasteiger charge is 2.27. The van der Waals surface area contributed by atoms with Gasteiger partial charge in [0, 0.05) is 0 Å². The van der Waals surface area contributed by atoms with E-state index in [2.05, 4.69) is 5.32 Å². The number of hydrogen-bond donors (Lipinski definition) is 1. The zero-order valence-electron chi connectivity index (χ0n) is 11.8. The van der Waals surface area contributed by atoms with Crippen molar-refractivity contribution in [1.29, 1.82) is 0 Å². The predicted molar refractivity (Wildman–Crippen MR) is 70.9 cm³/mol. The summed E-state index contributed by atoms with van der Waals surface area (Å²) < 4.78 is 46.6. The molecule has 0 radical (unpaired) electrons. The number of hydrogen-bond acceptors (Lipinski definition) is 3. The molecule has 0 spiro atoms. The highest BCUT2D eigenvalue weighted by atomic mass is 19.4. The van der Waals surface area contributed by atoms with Crippen LogP contribution < -0.4 is 10.1 Å². The summed E-state index contributed by atoms with van der Waals surface area (Å²) in [5, 5.41) is 3.06. The van der Waals surface area contributed by atoms with E-state index in [1.54, 1.807) is 21.1 Å². The molecule has 6 heteroatoms. The topological polar surface area (TPSA) is 30.5 Å². The van der Waals surface area contributed by atoms with Gasteiger partial charge in [-0.1, -0.05) is 12.1 Å². The van der Waals surface area contributed by atoms with Crippen molar-refractivity contribution in [3.8, 4) is 5.75 Å². The van der Waals surface area contributed by atoms with E-state index in [1.807, 2.05) is 24.3 Å². The van der Waals surface area contributed by atoms with Crippen LogP contribution in [-0.4, -0.2) is 33.0 Å². The molecule has 2 unspecified atom stereocenters. The van der Waals surface area contributed by atoms with Crippen LogP contribution in [-0.2, 0) is 4.74 Å². The second kappa shape index (κ2) is 7.50. The van der Waals surface area contributed by atoms with Gasteiger partial charge in [0.2, 0.25) is 0 Å². The highest BCUT2D eigenvalue weighted by Crippen LogP contribution is 2.24. The molecular weight excluding hydrogens is 271 g/mol. The van der Waals surface area contributed by atoms with Crippen LogP contribution in [0.15, 0.2) is 24.3 Å². The normalized spacial score (nSPS) is 14.9. The van der Waals surface area contributed by atoms with Crippen molar-refractivity contribution in [1.82, 2.24) is 5.32 Å². The molecule has 0 bridgehead atoms. The molecule has 1 rings (SSSR count). The van der Waals surface area contributed by atoms with Gasteiger partial charge in [-0.2, -0.15) is 13.2 Å². The van der Waals surface area contributed by atoms with E-state index < -0.39 is 12.6 Å². The minimum absolute atomic E-state index is 0.172. The number of rotatable bonds is 7. The number of nitrogens with one attached hydrogen (secondary N) is 1. The summed E-state index contributed by atoms with van der Waals surface area (Å²) >= 11 is 0. The van der Waals surface area contributed by atoms with Gasteiger partial charge in [-0.15, -0.1) is 0 Å². The van der Waals surface area contributed by atoms with Crippen LogP contribution in [0.1, 0.15) is 24.9 Å². The van der Waals surface area contributed by atoms with Gasteiger partial charge in [-0.25, -0.2) is 0 Å². The van der Waals surface area contributed by atoms with Gasteiger partial charge >= 0.3 is 6.18 Å². The molecule has 0 aliphatic carbocycles. The molecule has 0 aliphatic heterocycles. The van der Waals surface area contributed by atoms with Gasteiger partial charge in [0.1, 0.15) is 5.75 Å². The van der Waals surface area contributed by atoms with E-state index in [1.165, 1.54) is 0 Å². The van der Waals surface area contributed by atoms with Crippen molar-refractivity contribution >= 4 is 0 Å². The van der Waals surface area contributed by atoms with Crippen LogP contribution >= 0.6 is 0 Å². The Morgan fingerprint density at radius 2 is 1.80 bits per heavy atom. The van der Waals surface area contributed by atoms with Gasteiger partial charge in [0.05, 0.1) is 32.3 Å². The lowest BCUT2D eigenvalue weighted by Gasteiger charge is -2.24. The predicted octanol–water partition coefficient (Wildman–Crippen LogP) is 3.31. The van der Waals surface area contributed by atoms with Crippen LogP contribution in [0.2, 0.25) is 0 Å². The molecule has 1 N–H and O–H groups in total. The molecule has 0 aliphatic rings. The summed E-state index contributed by atoms with van der Waals surface area (Å²) in [5.41, 5.74) is 0.938. The third-order valence-electron chi connectivity index (χ3n) is 3.02. The van der Waals surface area contributed by atoms with Gasteiger partial charge in [0.15, 0.2) is 0 Å². The Morgan fingerprint density at radius 3 is 2.25 bits per heavy atom. The van der Waals surface area contributed by atoms with E-state index in [0.29, 0.717) is 0 Å². The molecule has 0 amide bonds. The number of halogens is 3. The molecule has 1 aromatic rings. The largest absolute Gasteiger partial charge is 0.497 e. The number of benzene rings is 1. The highest BCUT2D eigenvalue weighted by molar-refractivity contribution is 5.29. The van der Waals surface area contributed by atoms with Crippen molar-refractivity contribution < 1.29 is 22.6 Å². The number of ether oxygens (including phenoxy) is 2. The molecule has 1 aromatic carbocycles. The Labute approximate surface area is 117 Å². The zero-order valence-corrected chi connectivity index (χ0v) is 11.8. The summed E-state index contributed by atoms with van der Waals surface area (Å²) in [6.07, 6.45) is -5.48. The van der Waals surface area contributed by atoms with Crippen LogP contribution in [0.5, 0.6) is 5.75 Å². The smallest absolute Gasteiger partial charge is 0.391 e. The fourth-order valence-electron chi connectivity index (χ4n) is 1.94. The van der Waals surface area contributed by atoms with E-state index in [9.17, 15) is 13.2 Å². The van der Waals surface area contributed by atoms with E-state index >= 15 is 0 Å². The maximum atomic E-state index is 12.1. The van der Waals surface area contributed by atoms with E-state index in [-0.39, 0.29) is 18.8 Å². The summed E-state index contributed by atoms with van der Waals surface area (Å²) in [6.45, 7) is 1.42. The summed E-state index contributed by atoms with van der Waals surface area (Å²) in [5.74, 6) is 0.731. The third kappa shape index (κ3) is 5.38. The maximum Gasteiger partial charge on any atom is 0.391 e. The van der Waals surface area contributed by atoms with Crippen molar-refractivity contribution in [2.75, 3.05) is 20.8 Å². The van der Waals surface area contributed by atoms with E-state index in [0.717, 1.165) is 11.3 Å². The molecule has 0 saturated heterocycles. The minimum atomic E-state index is -4.19. The quantitative estimate of drug-likeness (QED) is 0.836. The first-order valence-electron chi connectivity index (χ1n) is 6.37. The van der Waals surface area contributed by atoms with Crippen LogP contribution in [0.25, 0.3) is 0 Å². The van der Waals surface area contributed by atoms with Gasteiger partial charge < -0.3 is 14.8 Å². The average Bonchev–Trinajstić information content (AvgIpc) is 2.39. The first-order valence-corrected chi connectivity index (χ1v) is 6.37. The fraction of sp³-hybridized carbons (Fsp3) is 0.571. The lowest BCUT2D eigenvalue weighted by Crippen LogP contribution is -2.30. The van der Waals surface area contributed by atoms with Gasteiger partial charge in [-0.3, -0.25) is 0 Å². The van der Waals surface area contributed by atoms with Crippen LogP contribution in [0.3, 0.4) is 0 Å². The first kappa shape index (κ1) is 16.8. The van der Waals surface area contributed by atoms with Crippen molar-refractivity contribution in [3.63, 3.8) is 0 Å². The monoisotopic (exact) mass is 291 g/mol. The molecule has 20 heavy (non-hydrogen) atoms. The van der Waals surface area contributed by atoms with Crippen molar-refractivity contribution in [3.05, 3.63) is 29.8 Å². The number of alkyl halides is 3. The lowest BCUT2D eigenvalue weighted by molar-refractivity contribution is -0.149. The second-order valence-electron chi connectivity index (χ2n) is 4.48. The molecule has 114 valence electrons. The summed E-state index contributed by atoms with van der Waals surface area (Å²) in [7, 11) is 3.33. The summed E-state index contributed by atoms with van der Waals surface area (Å²) in [4.78, 5) is 0. The Morgan fingerprint density at radius 1 is 1.20 bits per heavy atom. The lowest BCUT2D eigenvalue weighted by atomic mass is 10.0. The molecule has 2 atom stereocenters. The Hall–Kier alpha value is -1.27. The Balaban J connectivity index is 2.59. The Bertz CT molecular complexity index is 392. The first-order chi connectivity index (χ1) is 9.37. The number of likely N-dealkylation sites (N-methyl/N-ethyl adjacent to an activating group) is 1. The standard InChI is InChI=1S/C14H20F3NO2/c1-10(20-9-8-14(15,16)17)13(18-2)11-4-6-12(19-3)7-5-11/h4-7,10,13,18H,8-9H2,1-3H3. The van der Waals surface area contributed by atoms with Crippen LogP contribution in [0, 0.1) is 0 Å². The molecular formula is C14H20F3NO2. The van der Waals surface area contributed by atoms with Crippen molar-refractivity contribution in [2.45, 2.75) is 31.7 Å².